The molecule has 0 radical (unpaired) electrons. The summed E-state index contributed by atoms with van der Waals surface area (Å²) in [5.41, 5.74) is 8.84. The Bertz CT molecular complexity index is 2080. The molecule has 0 unspecified atom stereocenters. The van der Waals surface area contributed by atoms with E-state index in [1.165, 1.54) is 0 Å². The van der Waals surface area contributed by atoms with Crippen molar-refractivity contribution < 1.29 is 18.9 Å². The largest absolute Gasteiger partial charge is 0.481 e. The molecule has 4 heterocycles. The third-order valence-corrected chi connectivity index (χ3v) is 9.19. The van der Waals surface area contributed by atoms with Gasteiger partial charge in [-0.05, 0) is 77.4 Å². The maximum atomic E-state index is 6.63. The zero-order valence-corrected chi connectivity index (χ0v) is 30.8. The van der Waals surface area contributed by atoms with E-state index in [-0.39, 0.29) is 13.2 Å². The third-order valence-electron chi connectivity index (χ3n) is 8.65. The Labute approximate surface area is 311 Å². The van der Waals surface area contributed by atoms with Gasteiger partial charge >= 0.3 is 0 Å². The molecule has 2 N–H and O–H groups in total. The maximum Gasteiger partial charge on any atom is 0.236 e. The zero-order valence-electron chi connectivity index (χ0n) is 29.2. The molecule has 270 valence electrons. The van der Waals surface area contributed by atoms with Crippen LogP contribution in [-0.2, 0) is 32.6 Å². The van der Waals surface area contributed by atoms with Gasteiger partial charge in [0.05, 0.1) is 19.9 Å². The summed E-state index contributed by atoms with van der Waals surface area (Å²) < 4.78 is 23.4. The van der Waals surface area contributed by atoms with E-state index in [1.807, 2.05) is 30.3 Å². The van der Waals surface area contributed by atoms with E-state index in [0.717, 1.165) is 56.6 Å². The van der Waals surface area contributed by atoms with Crippen LogP contribution >= 0.6 is 23.2 Å². The predicted octanol–water partition coefficient (Wildman–Crippen LogP) is 6.84. The van der Waals surface area contributed by atoms with Crippen molar-refractivity contribution in [2.45, 2.75) is 52.9 Å². The Morgan fingerprint density at radius 2 is 1.37 bits per heavy atom. The molecule has 16 heteroatoms. The second-order valence-corrected chi connectivity index (χ2v) is 12.8. The Morgan fingerprint density at radius 1 is 0.750 bits per heavy atom. The number of benzene rings is 2. The van der Waals surface area contributed by atoms with Gasteiger partial charge in [0.25, 0.3) is 0 Å². The molecular formula is C36H38Cl2N10O4. The van der Waals surface area contributed by atoms with Crippen molar-refractivity contribution in [1.29, 1.82) is 0 Å². The van der Waals surface area contributed by atoms with Gasteiger partial charge in [-0.1, -0.05) is 64.8 Å². The molecular weight excluding hydrogens is 707 g/mol. The number of tetrazole rings is 1. The van der Waals surface area contributed by atoms with Crippen LogP contribution in [0.25, 0.3) is 11.1 Å². The number of aromatic nitrogens is 6. The fraction of sp³-hybridized carbons (Fsp3) is 0.333. The van der Waals surface area contributed by atoms with E-state index >= 15 is 0 Å². The normalized spacial score (nSPS) is 12.2. The maximum absolute atomic E-state index is 6.63. The summed E-state index contributed by atoms with van der Waals surface area (Å²) in [4.78, 5) is 9.13. The first-order valence-electron chi connectivity index (χ1n) is 16.6. The monoisotopic (exact) mass is 744 g/mol. The van der Waals surface area contributed by atoms with Crippen LogP contribution < -0.4 is 24.3 Å². The molecule has 0 aliphatic carbocycles. The molecule has 3 aromatic heterocycles. The number of H-pyrrole nitrogens is 1. The third kappa shape index (κ3) is 8.81. The lowest BCUT2D eigenvalue weighted by atomic mass is 9.92. The van der Waals surface area contributed by atoms with E-state index < -0.39 is 0 Å². The van der Waals surface area contributed by atoms with Crippen molar-refractivity contribution >= 4 is 28.9 Å². The Kier molecular flexibility index (Phi) is 12.2. The van der Waals surface area contributed by atoms with E-state index in [0.29, 0.717) is 71.9 Å². The molecule has 0 atom stereocenters. The molecule has 0 fully saturated rings. The predicted molar refractivity (Wildman–Crippen MR) is 197 cm³/mol. The molecule has 2 aromatic carbocycles. The van der Waals surface area contributed by atoms with Crippen LogP contribution in [0.3, 0.4) is 0 Å². The van der Waals surface area contributed by atoms with Crippen molar-refractivity contribution in [3.05, 3.63) is 97.8 Å². The fourth-order valence-electron chi connectivity index (χ4n) is 5.80. The number of hydrogen-bond donors (Lipinski definition) is 2. The standard InChI is InChI=1S/C36H38Cl2N10O4/c1-21-24(19-51-35-30(37)14-23(33(41-35)49-3)8-7-13-32-44-47-48-45-32)9-5-11-28(21)29-12-6-10-25(22(29)2)20-52-36-31(38)15-26(34(42-36)50-4)16-39-17-27-18-40-46-43-27/h5-6,9-12,14-15,39H,7-8,13,16-20H2,1-4H3,(H,44,45,47,48). The Balaban J connectivity index is 1.11. The number of aromatic amines is 1. The van der Waals surface area contributed by atoms with Crippen molar-refractivity contribution in [3.63, 3.8) is 0 Å². The highest BCUT2D eigenvalue weighted by atomic mass is 35.5. The van der Waals surface area contributed by atoms with E-state index in [9.17, 15) is 0 Å². The van der Waals surface area contributed by atoms with Crippen LogP contribution in [-0.4, -0.2) is 63.6 Å². The van der Waals surface area contributed by atoms with Gasteiger partial charge in [-0.15, -0.1) is 15.3 Å². The summed E-state index contributed by atoms with van der Waals surface area (Å²) in [5.74, 6) is 2.15. The average molecular weight is 746 g/mol. The van der Waals surface area contributed by atoms with E-state index in [4.69, 9.17) is 42.1 Å². The van der Waals surface area contributed by atoms with Crippen LogP contribution in [0, 0.1) is 13.8 Å². The molecule has 5 aromatic rings. The van der Waals surface area contributed by atoms with E-state index in [2.05, 4.69) is 77.3 Å². The molecule has 1 aliphatic heterocycles. The number of pyridine rings is 2. The zero-order chi connectivity index (χ0) is 36.5. The number of ether oxygens (including phenoxy) is 4. The SMILES string of the molecule is COc1nc(OCc2cccc(-c3cccc(COc4nc(OC)c(CNCC5=NN=NC5)cc4Cl)c3C)c2C)c(Cl)cc1CCCc1nn[nH]n1. The summed E-state index contributed by atoms with van der Waals surface area (Å²) >= 11 is 13.3. The molecule has 52 heavy (non-hydrogen) atoms. The van der Waals surface area contributed by atoms with Crippen molar-refractivity contribution in [3.8, 4) is 34.6 Å². The van der Waals surface area contributed by atoms with Crippen LogP contribution in [0.1, 0.15) is 45.6 Å². The van der Waals surface area contributed by atoms with Crippen LogP contribution in [0.2, 0.25) is 10.0 Å². The first kappa shape index (κ1) is 36.6. The average Bonchev–Trinajstić information content (AvgIpc) is 3.87. The molecule has 6 rings (SSSR count). The highest BCUT2D eigenvalue weighted by molar-refractivity contribution is 6.32. The minimum Gasteiger partial charge on any atom is -0.481 e. The molecule has 0 bridgehead atoms. The number of nitrogens with zero attached hydrogens (tertiary/aromatic N) is 8. The summed E-state index contributed by atoms with van der Waals surface area (Å²) in [6.45, 7) is 6.23. The van der Waals surface area contributed by atoms with Gasteiger partial charge in [0.15, 0.2) is 5.82 Å². The summed E-state index contributed by atoms with van der Waals surface area (Å²) in [5, 5.41) is 29.6. The highest BCUT2D eigenvalue weighted by Crippen LogP contribution is 2.34. The smallest absolute Gasteiger partial charge is 0.236 e. The second kappa shape index (κ2) is 17.4. The van der Waals surface area contributed by atoms with Crippen molar-refractivity contribution in [2.75, 3.05) is 27.3 Å². The number of hydrogen-bond acceptors (Lipinski definition) is 13. The highest BCUT2D eigenvalue weighted by Gasteiger charge is 2.17. The van der Waals surface area contributed by atoms with Gasteiger partial charge in [0, 0.05) is 30.6 Å². The van der Waals surface area contributed by atoms with Gasteiger partial charge in [-0.2, -0.15) is 20.3 Å². The van der Waals surface area contributed by atoms with Crippen molar-refractivity contribution in [1.82, 2.24) is 35.9 Å². The lowest BCUT2D eigenvalue weighted by molar-refractivity contribution is 0.285. The fourth-order valence-corrected chi connectivity index (χ4v) is 6.26. The minimum absolute atomic E-state index is 0.265. The van der Waals surface area contributed by atoms with Crippen LogP contribution in [0.15, 0.2) is 64.0 Å². The van der Waals surface area contributed by atoms with Gasteiger partial charge in [-0.25, -0.2) is 0 Å². The lowest BCUT2D eigenvalue weighted by Crippen LogP contribution is -2.23. The van der Waals surface area contributed by atoms with Crippen LogP contribution in [0.4, 0.5) is 0 Å². The summed E-state index contributed by atoms with van der Waals surface area (Å²) in [6, 6.07) is 15.9. The lowest BCUT2D eigenvalue weighted by Gasteiger charge is -2.17. The number of aryl methyl sites for hydroxylation is 2. The first-order chi connectivity index (χ1) is 25.3. The topological polar surface area (TPSA) is 166 Å². The van der Waals surface area contributed by atoms with E-state index in [1.54, 1.807) is 20.3 Å². The molecule has 1 aliphatic rings. The van der Waals surface area contributed by atoms with Gasteiger partial charge in [0.1, 0.15) is 29.8 Å². The van der Waals surface area contributed by atoms with Gasteiger partial charge in [-0.3, -0.25) is 0 Å². The number of halogens is 2. The number of rotatable bonds is 17. The summed E-state index contributed by atoms with van der Waals surface area (Å²) in [6.07, 6.45) is 2.13. The quantitative estimate of drug-likeness (QED) is 0.103. The Hall–Kier alpha value is -5.18. The molecule has 0 spiro atoms. The number of nitrogens with one attached hydrogen (secondary N) is 2. The second-order valence-electron chi connectivity index (χ2n) is 12.0. The number of methoxy groups -OCH3 is 2. The molecule has 0 saturated heterocycles. The molecule has 14 nitrogen and oxygen atoms in total. The Morgan fingerprint density at radius 3 is 1.92 bits per heavy atom. The van der Waals surface area contributed by atoms with Gasteiger partial charge < -0.3 is 24.3 Å². The first-order valence-corrected chi connectivity index (χ1v) is 17.3. The van der Waals surface area contributed by atoms with Crippen molar-refractivity contribution in [2.24, 2.45) is 15.4 Å². The molecule has 0 saturated carbocycles. The summed E-state index contributed by atoms with van der Waals surface area (Å²) in [7, 11) is 3.15. The molecule has 0 amide bonds. The van der Waals surface area contributed by atoms with Gasteiger partial charge in [0.2, 0.25) is 23.5 Å². The minimum atomic E-state index is 0.265. The van der Waals surface area contributed by atoms with Crippen LogP contribution in [0.5, 0.6) is 23.5 Å².